The van der Waals surface area contributed by atoms with Crippen molar-refractivity contribution in [2.45, 2.75) is 89.1 Å². The molecule has 0 unspecified atom stereocenters. The fourth-order valence-corrected chi connectivity index (χ4v) is 2.86. The summed E-state index contributed by atoms with van der Waals surface area (Å²) in [5.41, 5.74) is 0. The Labute approximate surface area is 146 Å². The van der Waals surface area contributed by atoms with E-state index < -0.39 is 24.4 Å². The maximum atomic E-state index is 9.94. The predicted octanol–water partition coefficient (Wildman–Crippen LogP) is 2.57. The van der Waals surface area contributed by atoms with E-state index in [1.165, 1.54) is 38.5 Å². The zero-order valence-electron chi connectivity index (χ0n) is 15.1. The number of rotatable bonds is 13. The molecule has 0 aromatic rings. The lowest BCUT2D eigenvalue weighted by Gasteiger charge is -2.36. The largest absolute Gasteiger partial charge is 0.394 e. The van der Waals surface area contributed by atoms with Crippen LogP contribution in [0.4, 0.5) is 0 Å². The molecule has 4 atom stereocenters. The van der Waals surface area contributed by atoms with Gasteiger partial charge in [-0.25, -0.2) is 0 Å². The van der Waals surface area contributed by atoms with Crippen LogP contribution >= 0.6 is 0 Å². The summed E-state index contributed by atoms with van der Waals surface area (Å²) in [7, 11) is 0. The van der Waals surface area contributed by atoms with Crippen molar-refractivity contribution in [2.24, 2.45) is 0 Å². The number of hydrogen-bond acceptors (Lipinski definition) is 5. The smallest absolute Gasteiger partial charge is 0.111 e. The van der Waals surface area contributed by atoms with Crippen molar-refractivity contribution in [2.75, 3.05) is 19.8 Å². The molecule has 0 amide bonds. The molecular formula is C19H36O5. The zero-order valence-corrected chi connectivity index (χ0v) is 15.1. The van der Waals surface area contributed by atoms with E-state index in [9.17, 15) is 10.2 Å². The van der Waals surface area contributed by atoms with Crippen LogP contribution in [0.1, 0.15) is 64.7 Å². The summed E-state index contributed by atoms with van der Waals surface area (Å²) in [5.74, 6) is 0. The molecule has 0 aromatic carbocycles. The number of allylic oxidation sites excluding steroid dienone is 2. The lowest BCUT2D eigenvalue weighted by atomic mass is 10.0. The Bertz CT molecular complexity index is 321. The van der Waals surface area contributed by atoms with E-state index in [1.807, 2.05) is 0 Å². The molecule has 1 rings (SSSR count). The Morgan fingerprint density at radius 3 is 2.29 bits per heavy atom. The molecule has 0 saturated carbocycles. The van der Waals surface area contributed by atoms with Gasteiger partial charge in [-0.3, -0.25) is 0 Å². The first-order chi connectivity index (χ1) is 11.7. The Hall–Kier alpha value is -0.460. The maximum absolute atomic E-state index is 9.94. The Balaban J connectivity index is 1.97. The highest BCUT2D eigenvalue weighted by Gasteiger charge is 2.38. The van der Waals surface area contributed by atoms with Gasteiger partial charge in [0.25, 0.3) is 0 Å². The van der Waals surface area contributed by atoms with Gasteiger partial charge >= 0.3 is 0 Å². The quantitative estimate of drug-likeness (QED) is 0.353. The summed E-state index contributed by atoms with van der Waals surface area (Å²) >= 11 is 0. The highest BCUT2D eigenvalue weighted by molar-refractivity contribution is 4.87. The lowest BCUT2D eigenvalue weighted by Crippen LogP contribution is -2.55. The van der Waals surface area contributed by atoms with Gasteiger partial charge in [-0.1, -0.05) is 44.8 Å². The van der Waals surface area contributed by atoms with Crippen LogP contribution in [0.25, 0.3) is 0 Å². The van der Waals surface area contributed by atoms with Gasteiger partial charge < -0.3 is 24.8 Å². The van der Waals surface area contributed by atoms with Crippen molar-refractivity contribution in [1.82, 2.24) is 0 Å². The average Bonchev–Trinajstić information content (AvgIpc) is 2.59. The second kappa shape index (κ2) is 13.8. The molecule has 3 N–H and O–H groups in total. The second-order valence-corrected chi connectivity index (χ2v) is 6.61. The van der Waals surface area contributed by atoms with Crippen molar-refractivity contribution in [1.29, 1.82) is 0 Å². The molecule has 0 spiro atoms. The highest BCUT2D eigenvalue weighted by Crippen LogP contribution is 2.18. The molecule has 1 fully saturated rings. The van der Waals surface area contributed by atoms with Crippen molar-refractivity contribution >= 4 is 0 Å². The Morgan fingerprint density at radius 2 is 1.62 bits per heavy atom. The predicted molar refractivity (Wildman–Crippen MR) is 94.9 cm³/mol. The van der Waals surface area contributed by atoms with Gasteiger partial charge in [0.05, 0.1) is 13.2 Å². The van der Waals surface area contributed by atoms with E-state index in [0.29, 0.717) is 6.61 Å². The summed E-state index contributed by atoms with van der Waals surface area (Å²) in [4.78, 5) is 0. The van der Waals surface area contributed by atoms with Crippen LogP contribution in [0.3, 0.4) is 0 Å². The van der Waals surface area contributed by atoms with Crippen molar-refractivity contribution in [3.05, 3.63) is 12.2 Å². The molecule has 1 aliphatic rings. The molecule has 1 saturated heterocycles. The number of aliphatic hydroxyl groups excluding tert-OH is 3. The van der Waals surface area contributed by atoms with Crippen molar-refractivity contribution in [3.8, 4) is 0 Å². The third-order valence-corrected chi connectivity index (χ3v) is 4.50. The minimum absolute atomic E-state index is 0.210. The number of aliphatic hydroxyl groups is 3. The van der Waals surface area contributed by atoms with Gasteiger partial charge in [-0.2, -0.15) is 0 Å². The lowest BCUT2D eigenvalue weighted by molar-refractivity contribution is -0.208. The van der Waals surface area contributed by atoms with E-state index >= 15 is 0 Å². The summed E-state index contributed by atoms with van der Waals surface area (Å²) < 4.78 is 10.9. The molecule has 0 aromatic heterocycles. The van der Waals surface area contributed by atoms with Crippen LogP contribution in [0.2, 0.25) is 0 Å². The van der Waals surface area contributed by atoms with Gasteiger partial charge in [0.2, 0.25) is 0 Å². The molecule has 142 valence electrons. The van der Waals surface area contributed by atoms with Gasteiger partial charge in [0.1, 0.15) is 24.4 Å². The van der Waals surface area contributed by atoms with Crippen LogP contribution in [0.5, 0.6) is 0 Å². The van der Waals surface area contributed by atoms with Crippen LogP contribution in [0, 0.1) is 0 Å². The minimum Gasteiger partial charge on any atom is -0.394 e. The maximum Gasteiger partial charge on any atom is 0.111 e. The Kier molecular flexibility index (Phi) is 12.4. The first kappa shape index (κ1) is 21.6. The van der Waals surface area contributed by atoms with E-state index in [4.69, 9.17) is 14.6 Å². The normalized spacial score (nSPS) is 27.8. The molecular weight excluding hydrogens is 308 g/mol. The van der Waals surface area contributed by atoms with Crippen LogP contribution in [0.15, 0.2) is 12.2 Å². The van der Waals surface area contributed by atoms with E-state index in [1.54, 1.807) is 0 Å². The molecule has 0 radical (unpaired) electrons. The molecule has 5 nitrogen and oxygen atoms in total. The van der Waals surface area contributed by atoms with Crippen LogP contribution < -0.4 is 0 Å². The number of ether oxygens (including phenoxy) is 2. The Morgan fingerprint density at radius 1 is 0.958 bits per heavy atom. The summed E-state index contributed by atoms with van der Waals surface area (Å²) in [6, 6.07) is 0. The molecule has 24 heavy (non-hydrogen) atoms. The van der Waals surface area contributed by atoms with Gasteiger partial charge in [-0.15, -0.1) is 0 Å². The van der Waals surface area contributed by atoms with Crippen molar-refractivity contribution < 1.29 is 24.8 Å². The number of hydrogen-bond donors (Lipinski definition) is 3. The SMILES string of the molecule is CCCCCCC/C=C/CCCCO[C@H]1CO[C@H](CO)[C@@H](O)[C@@H]1O. The highest BCUT2D eigenvalue weighted by atomic mass is 16.6. The topological polar surface area (TPSA) is 79.2 Å². The second-order valence-electron chi connectivity index (χ2n) is 6.61. The van der Waals surface area contributed by atoms with Gasteiger partial charge in [-0.05, 0) is 32.1 Å². The summed E-state index contributed by atoms with van der Waals surface area (Å²) in [5, 5.41) is 28.7. The fourth-order valence-electron chi connectivity index (χ4n) is 2.86. The van der Waals surface area contributed by atoms with Gasteiger partial charge in [0.15, 0.2) is 0 Å². The minimum atomic E-state index is -1.09. The molecule has 5 heteroatoms. The van der Waals surface area contributed by atoms with E-state index in [2.05, 4.69) is 19.1 Å². The van der Waals surface area contributed by atoms with Crippen LogP contribution in [-0.4, -0.2) is 59.6 Å². The fraction of sp³-hybridized carbons (Fsp3) is 0.895. The monoisotopic (exact) mass is 344 g/mol. The first-order valence-corrected chi connectivity index (χ1v) is 9.55. The standard InChI is InChI=1S/C19H36O5/c1-2-3-4-5-6-7-8-9-10-11-12-13-23-17-15-24-16(14-20)18(21)19(17)22/h8-9,16-22H,2-7,10-15H2,1H3/b9-8+/t16-,17+,18-,19-/m1/s1. The van der Waals surface area contributed by atoms with Crippen molar-refractivity contribution in [3.63, 3.8) is 0 Å². The zero-order chi connectivity index (χ0) is 17.6. The van der Waals surface area contributed by atoms with E-state index in [0.717, 1.165) is 19.3 Å². The van der Waals surface area contributed by atoms with Gasteiger partial charge in [0, 0.05) is 6.61 Å². The van der Waals surface area contributed by atoms with Crippen LogP contribution in [-0.2, 0) is 9.47 Å². The molecule has 1 aliphatic heterocycles. The summed E-state index contributed by atoms with van der Waals surface area (Å²) in [6.07, 6.45) is 12.0. The number of unbranched alkanes of at least 4 members (excludes halogenated alkanes) is 7. The first-order valence-electron chi connectivity index (χ1n) is 9.55. The third kappa shape index (κ3) is 8.58. The summed E-state index contributed by atoms with van der Waals surface area (Å²) in [6.45, 7) is 2.70. The van der Waals surface area contributed by atoms with E-state index in [-0.39, 0.29) is 13.2 Å². The molecule has 0 bridgehead atoms. The average molecular weight is 344 g/mol. The molecule has 1 heterocycles. The molecule has 0 aliphatic carbocycles. The third-order valence-electron chi connectivity index (χ3n) is 4.50.